The summed E-state index contributed by atoms with van der Waals surface area (Å²) in [6, 6.07) is 16.8. The van der Waals surface area contributed by atoms with Crippen molar-refractivity contribution in [1.82, 2.24) is 15.1 Å². The zero-order chi connectivity index (χ0) is 19.9. The number of nitrogens with one attached hydrogen (secondary N) is 1. The maximum absolute atomic E-state index is 13.5. The average molecular weight is 381 g/mol. The number of aryl methyl sites for hydroxylation is 1. The van der Waals surface area contributed by atoms with Crippen LogP contribution in [0.5, 0.6) is 5.75 Å². The Hall–Kier alpha value is -3.48. The van der Waals surface area contributed by atoms with Crippen molar-refractivity contribution in [2.75, 3.05) is 13.2 Å². The normalized spacial score (nSPS) is 10.5. The molecule has 0 atom stereocenters. The van der Waals surface area contributed by atoms with Gasteiger partial charge in [0, 0.05) is 18.2 Å². The van der Waals surface area contributed by atoms with Crippen LogP contribution < -0.4 is 15.6 Å². The molecule has 0 saturated heterocycles. The summed E-state index contributed by atoms with van der Waals surface area (Å²) in [5.74, 6) is -0.925. The van der Waals surface area contributed by atoms with Gasteiger partial charge in [0.1, 0.15) is 0 Å². The first kappa shape index (κ1) is 19.3. The quantitative estimate of drug-likeness (QED) is 0.683. The monoisotopic (exact) mass is 381 g/mol. The lowest BCUT2D eigenvalue weighted by Gasteiger charge is -2.10. The molecule has 0 aliphatic rings. The third-order valence-electron chi connectivity index (χ3n) is 4.06. The minimum absolute atomic E-state index is 0.0151. The van der Waals surface area contributed by atoms with E-state index in [0.29, 0.717) is 5.69 Å². The molecule has 0 radical (unpaired) electrons. The summed E-state index contributed by atoms with van der Waals surface area (Å²) in [6.45, 7) is 2.09. The number of ether oxygens (including phenoxy) is 1. The fraction of sp³-hybridized carbons (Fsp3) is 0.190. The Morgan fingerprint density at radius 1 is 1.11 bits per heavy atom. The number of halogens is 1. The number of hydrogen-bond acceptors (Lipinski definition) is 4. The van der Waals surface area contributed by atoms with Crippen molar-refractivity contribution in [1.29, 1.82) is 0 Å². The summed E-state index contributed by atoms with van der Waals surface area (Å²) in [5.41, 5.74) is 2.46. The third-order valence-corrected chi connectivity index (χ3v) is 4.06. The third kappa shape index (κ3) is 5.03. The van der Waals surface area contributed by atoms with E-state index >= 15 is 0 Å². The van der Waals surface area contributed by atoms with Crippen molar-refractivity contribution < 1.29 is 13.9 Å². The first-order valence-electron chi connectivity index (χ1n) is 8.82. The zero-order valence-electron chi connectivity index (χ0n) is 15.4. The van der Waals surface area contributed by atoms with E-state index in [1.807, 2.05) is 31.2 Å². The van der Waals surface area contributed by atoms with Crippen molar-refractivity contribution in [2.24, 2.45) is 0 Å². The molecule has 3 rings (SSSR count). The van der Waals surface area contributed by atoms with E-state index < -0.39 is 11.7 Å². The lowest BCUT2D eigenvalue weighted by Crippen LogP contribution is -2.34. The first-order valence-corrected chi connectivity index (χ1v) is 8.82. The highest BCUT2D eigenvalue weighted by atomic mass is 19.1. The molecule has 1 aromatic heterocycles. The molecule has 28 heavy (non-hydrogen) atoms. The Bertz CT molecular complexity index is 1020. The van der Waals surface area contributed by atoms with Crippen LogP contribution >= 0.6 is 0 Å². The molecule has 0 unspecified atom stereocenters. The van der Waals surface area contributed by atoms with Gasteiger partial charge < -0.3 is 10.1 Å². The lowest BCUT2D eigenvalue weighted by molar-refractivity contribution is -0.123. The summed E-state index contributed by atoms with van der Waals surface area (Å²) in [7, 11) is 0. The number of hydrogen-bond donors (Lipinski definition) is 1. The van der Waals surface area contributed by atoms with Gasteiger partial charge in [-0.3, -0.25) is 9.59 Å². The van der Waals surface area contributed by atoms with E-state index in [0.717, 1.165) is 11.1 Å². The van der Waals surface area contributed by atoms with Crippen LogP contribution in [0.4, 0.5) is 4.39 Å². The molecular formula is C21H20FN3O3. The molecule has 0 bridgehead atoms. The molecule has 0 saturated carbocycles. The molecule has 0 fully saturated rings. The minimum Gasteiger partial charge on any atom is -0.481 e. The fourth-order valence-electron chi connectivity index (χ4n) is 2.54. The van der Waals surface area contributed by atoms with Gasteiger partial charge >= 0.3 is 0 Å². The summed E-state index contributed by atoms with van der Waals surface area (Å²) in [4.78, 5) is 23.9. The molecule has 1 heterocycles. The molecule has 6 nitrogen and oxygen atoms in total. The van der Waals surface area contributed by atoms with Crippen LogP contribution in [0.1, 0.15) is 5.56 Å². The standard InChI is InChI=1S/C21H20FN3O3/c1-15-6-8-16(9-7-15)18-10-11-21(27)25(24-18)13-12-23-20(26)14-28-19-5-3-2-4-17(19)22/h2-11H,12-14H2,1H3,(H,23,26). The van der Waals surface area contributed by atoms with E-state index in [2.05, 4.69) is 10.4 Å². The smallest absolute Gasteiger partial charge is 0.266 e. The predicted octanol–water partition coefficient (Wildman–Crippen LogP) is 2.55. The van der Waals surface area contributed by atoms with E-state index in [1.54, 1.807) is 12.1 Å². The second kappa shape index (κ2) is 8.94. The number of carbonyl (C=O) groups excluding carboxylic acids is 1. The highest BCUT2D eigenvalue weighted by Crippen LogP contribution is 2.16. The van der Waals surface area contributed by atoms with E-state index in [9.17, 15) is 14.0 Å². The molecular weight excluding hydrogens is 361 g/mol. The van der Waals surface area contributed by atoms with Crippen LogP contribution in [0.2, 0.25) is 0 Å². The van der Waals surface area contributed by atoms with E-state index in [1.165, 1.54) is 28.9 Å². The highest BCUT2D eigenvalue weighted by molar-refractivity contribution is 5.77. The van der Waals surface area contributed by atoms with Crippen LogP contribution in [0.3, 0.4) is 0 Å². The van der Waals surface area contributed by atoms with Gasteiger partial charge in [-0.2, -0.15) is 5.10 Å². The molecule has 0 spiro atoms. The van der Waals surface area contributed by atoms with Gasteiger partial charge in [-0.05, 0) is 25.1 Å². The van der Waals surface area contributed by atoms with Crippen LogP contribution in [-0.4, -0.2) is 28.8 Å². The number of rotatable bonds is 7. The van der Waals surface area contributed by atoms with Crippen LogP contribution in [0.25, 0.3) is 11.3 Å². The largest absolute Gasteiger partial charge is 0.481 e. The predicted molar refractivity (Wildman–Crippen MR) is 104 cm³/mol. The van der Waals surface area contributed by atoms with Crippen molar-refractivity contribution in [2.45, 2.75) is 13.5 Å². The van der Waals surface area contributed by atoms with Crippen molar-refractivity contribution in [3.63, 3.8) is 0 Å². The Labute approximate surface area is 161 Å². The number of amides is 1. The Morgan fingerprint density at radius 2 is 1.86 bits per heavy atom. The maximum Gasteiger partial charge on any atom is 0.266 e. The molecule has 144 valence electrons. The molecule has 2 aromatic carbocycles. The summed E-state index contributed by atoms with van der Waals surface area (Å²) < 4.78 is 19.9. The van der Waals surface area contributed by atoms with Crippen LogP contribution in [0.15, 0.2) is 65.5 Å². The number of para-hydroxylation sites is 1. The van der Waals surface area contributed by atoms with Crippen LogP contribution in [0, 0.1) is 12.7 Å². The number of carbonyl (C=O) groups is 1. The molecule has 1 amide bonds. The molecule has 0 aliphatic heterocycles. The molecule has 1 N–H and O–H groups in total. The van der Waals surface area contributed by atoms with Crippen molar-refractivity contribution in [3.8, 4) is 17.0 Å². The second-order valence-electron chi connectivity index (χ2n) is 6.22. The Morgan fingerprint density at radius 3 is 2.61 bits per heavy atom. The average Bonchev–Trinajstić information content (AvgIpc) is 2.69. The van der Waals surface area contributed by atoms with Gasteiger partial charge in [0.2, 0.25) is 0 Å². The van der Waals surface area contributed by atoms with Gasteiger partial charge in [0.05, 0.1) is 12.2 Å². The maximum atomic E-state index is 13.5. The zero-order valence-corrected chi connectivity index (χ0v) is 15.4. The topological polar surface area (TPSA) is 73.2 Å². The lowest BCUT2D eigenvalue weighted by atomic mass is 10.1. The molecule has 0 aliphatic carbocycles. The van der Waals surface area contributed by atoms with E-state index in [-0.39, 0.29) is 31.0 Å². The number of aromatic nitrogens is 2. The number of nitrogens with zero attached hydrogens (tertiary/aromatic N) is 2. The Balaban J connectivity index is 1.55. The van der Waals surface area contributed by atoms with Gasteiger partial charge in [0.15, 0.2) is 18.2 Å². The summed E-state index contributed by atoms with van der Waals surface area (Å²) in [6.07, 6.45) is 0. The number of benzene rings is 2. The van der Waals surface area contributed by atoms with E-state index in [4.69, 9.17) is 4.74 Å². The van der Waals surface area contributed by atoms with Crippen molar-refractivity contribution >= 4 is 5.91 Å². The summed E-state index contributed by atoms with van der Waals surface area (Å²) >= 11 is 0. The second-order valence-corrected chi connectivity index (χ2v) is 6.22. The highest BCUT2D eigenvalue weighted by Gasteiger charge is 2.07. The first-order chi connectivity index (χ1) is 13.5. The van der Waals surface area contributed by atoms with Gasteiger partial charge in [0.25, 0.3) is 11.5 Å². The Kier molecular flexibility index (Phi) is 6.16. The molecule has 7 heteroatoms. The summed E-state index contributed by atoms with van der Waals surface area (Å²) in [5, 5.41) is 6.97. The van der Waals surface area contributed by atoms with Crippen LogP contribution in [-0.2, 0) is 11.3 Å². The fourth-order valence-corrected chi connectivity index (χ4v) is 2.54. The van der Waals surface area contributed by atoms with Gasteiger partial charge in [-0.1, -0.05) is 42.0 Å². The van der Waals surface area contributed by atoms with Gasteiger partial charge in [-0.25, -0.2) is 9.07 Å². The van der Waals surface area contributed by atoms with Gasteiger partial charge in [-0.15, -0.1) is 0 Å². The van der Waals surface area contributed by atoms with Crippen molar-refractivity contribution in [3.05, 3.63) is 82.4 Å². The molecule has 3 aromatic rings. The minimum atomic E-state index is -0.529. The SMILES string of the molecule is Cc1ccc(-c2ccc(=O)n(CCNC(=O)COc3ccccc3F)n2)cc1.